The maximum absolute atomic E-state index is 13.9. The van der Waals surface area contributed by atoms with Crippen LogP contribution in [0.15, 0.2) is 26.2 Å². The van der Waals surface area contributed by atoms with Crippen molar-refractivity contribution in [2.75, 3.05) is 0 Å². The van der Waals surface area contributed by atoms with Gasteiger partial charge >= 0.3 is 11.7 Å². The van der Waals surface area contributed by atoms with E-state index in [1.54, 1.807) is 0 Å². The SMILES string of the molecule is CC(C)[C@H](NS(=O)(=O)c1cc2oc(=O)[nH]c2cc1F)C(=O)O. The van der Waals surface area contributed by atoms with Crippen molar-refractivity contribution in [3.63, 3.8) is 0 Å². The van der Waals surface area contributed by atoms with Crippen LogP contribution in [0.5, 0.6) is 0 Å². The highest BCUT2D eigenvalue weighted by molar-refractivity contribution is 7.89. The number of hydrogen-bond donors (Lipinski definition) is 3. The van der Waals surface area contributed by atoms with Gasteiger partial charge in [-0.1, -0.05) is 13.8 Å². The highest BCUT2D eigenvalue weighted by atomic mass is 32.2. The fraction of sp³-hybridized carbons (Fsp3) is 0.333. The Hall–Kier alpha value is -2.20. The average Bonchev–Trinajstić information content (AvgIpc) is 2.73. The van der Waals surface area contributed by atoms with Crippen LogP contribution in [0.25, 0.3) is 11.1 Å². The summed E-state index contributed by atoms with van der Waals surface area (Å²) in [5.74, 6) is -3.93. The van der Waals surface area contributed by atoms with Crippen LogP contribution in [0.1, 0.15) is 13.8 Å². The summed E-state index contributed by atoms with van der Waals surface area (Å²) in [5, 5.41) is 9.01. The molecule has 10 heteroatoms. The van der Waals surface area contributed by atoms with Gasteiger partial charge in [0, 0.05) is 12.1 Å². The second-order valence-corrected chi connectivity index (χ2v) is 6.66. The summed E-state index contributed by atoms with van der Waals surface area (Å²) >= 11 is 0. The topological polar surface area (TPSA) is 129 Å². The van der Waals surface area contributed by atoms with Crippen LogP contribution < -0.4 is 10.5 Å². The highest BCUT2D eigenvalue weighted by Gasteiger charge is 2.30. The fourth-order valence-corrected chi connectivity index (χ4v) is 3.27. The van der Waals surface area contributed by atoms with Crippen molar-refractivity contribution < 1.29 is 27.1 Å². The van der Waals surface area contributed by atoms with Gasteiger partial charge in [-0.05, 0) is 5.92 Å². The zero-order chi connectivity index (χ0) is 16.7. The molecule has 8 nitrogen and oxygen atoms in total. The number of carboxylic acid groups (broad SMARTS) is 1. The van der Waals surface area contributed by atoms with Gasteiger partial charge in [-0.2, -0.15) is 4.72 Å². The monoisotopic (exact) mass is 332 g/mol. The number of fused-ring (bicyclic) bond motifs is 1. The predicted octanol–water partition coefficient (Wildman–Crippen LogP) is 0.648. The lowest BCUT2D eigenvalue weighted by atomic mass is 10.1. The van der Waals surface area contributed by atoms with E-state index >= 15 is 0 Å². The minimum absolute atomic E-state index is 0.0000872. The summed E-state index contributed by atoms with van der Waals surface area (Å²) in [4.78, 5) is 23.5. The van der Waals surface area contributed by atoms with E-state index in [1.165, 1.54) is 13.8 Å². The molecule has 0 spiro atoms. The minimum atomic E-state index is -4.44. The summed E-state index contributed by atoms with van der Waals surface area (Å²) in [6, 6.07) is 0.197. The number of rotatable bonds is 5. The van der Waals surface area contributed by atoms with Crippen LogP contribution in [0, 0.1) is 11.7 Å². The van der Waals surface area contributed by atoms with Gasteiger partial charge in [-0.3, -0.25) is 9.78 Å². The predicted molar refractivity (Wildman–Crippen MR) is 73.4 cm³/mol. The zero-order valence-electron chi connectivity index (χ0n) is 11.6. The number of hydrogen-bond acceptors (Lipinski definition) is 5. The van der Waals surface area contributed by atoms with Crippen LogP contribution in [0.4, 0.5) is 4.39 Å². The van der Waals surface area contributed by atoms with Gasteiger partial charge in [0.05, 0.1) is 5.52 Å². The molecular formula is C12H13FN2O6S. The Morgan fingerprint density at radius 2 is 2.05 bits per heavy atom. The number of aliphatic carboxylic acids is 1. The van der Waals surface area contributed by atoms with E-state index in [0.717, 1.165) is 12.1 Å². The number of carboxylic acids is 1. The molecule has 1 atom stereocenters. The van der Waals surface area contributed by atoms with E-state index in [-0.39, 0.29) is 11.1 Å². The van der Waals surface area contributed by atoms with Gasteiger partial charge in [0.25, 0.3) is 0 Å². The van der Waals surface area contributed by atoms with Gasteiger partial charge < -0.3 is 9.52 Å². The highest BCUT2D eigenvalue weighted by Crippen LogP contribution is 2.21. The molecule has 0 saturated heterocycles. The molecule has 0 fully saturated rings. The second kappa shape index (κ2) is 5.54. The normalized spacial score (nSPS) is 13.6. The standard InChI is InChI=1S/C12H13FN2O6S/c1-5(2)10(11(16)17)15-22(19,20)9-4-8-7(3-6(9)13)14-12(18)21-8/h3-5,10,15H,1-2H3,(H,14,18)(H,16,17)/t10-/m0/s1. The van der Waals surface area contributed by atoms with E-state index in [2.05, 4.69) is 9.40 Å². The molecule has 0 aliphatic heterocycles. The third-order valence-corrected chi connectivity index (χ3v) is 4.43. The van der Waals surface area contributed by atoms with Gasteiger partial charge in [-0.15, -0.1) is 0 Å². The second-order valence-electron chi connectivity index (χ2n) is 4.97. The summed E-state index contributed by atoms with van der Waals surface area (Å²) in [6.07, 6.45) is 0. The van der Waals surface area contributed by atoms with Crippen LogP contribution in [0.2, 0.25) is 0 Å². The zero-order valence-corrected chi connectivity index (χ0v) is 12.4. The molecule has 0 aliphatic rings. The van der Waals surface area contributed by atoms with Crippen molar-refractivity contribution in [2.24, 2.45) is 5.92 Å². The van der Waals surface area contributed by atoms with Gasteiger partial charge in [0.15, 0.2) is 5.58 Å². The Morgan fingerprint density at radius 1 is 1.41 bits per heavy atom. The molecule has 1 heterocycles. The first-order valence-electron chi connectivity index (χ1n) is 6.19. The molecule has 0 radical (unpaired) electrons. The largest absolute Gasteiger partial charge is 0.480 e. The van der Waals surface area contributed by atoms with Crippen molar-refractivity contribution in [1.29, 1.82) is 0 Å². The van der Waals surface area contributed by atoms with Crippen molar-refractivity contribution in [3.8, 4) is 0 Å². The van der Waals surface area contributed by atoms with E-state index in [1.807, 2.05) is 4.72 Å². The molecule has 120 valence electrons. The molecule has 0 aliphatic carbocycles. The van der Waals surface area contributed by atoms with Gasteiger partial charge in [0.1, 0.15) is 16.8 Å². The maximum atomic E-state index is 13.9. The number of oxazole rings is 1. The van der Waals surface area contributed by atoms with E-state index in [4.69, 9.17) is 5.11 Å². The van der Waals surface area contributed by atoms with Crippen molar-refractivity contribution in [3.05, 3.63) is 28.5 Å². The van der Waals surface area contributed by atoms with Crippen LogP contribution >= 0.6 is 0 Å². The van der Waals surface area contributed by atoms with Crippen molar-refractivity contribution in [2.45, 2.75) is 24.8 Å². The Morgan fingerprint density at radius 3 is 2.59 bits per heavy atom. The quantitative estimate of drug-likeness (QED) is 0.737. The molecule has 0 amide bonds. The maximum Gasteiger partial charge on any atom is 0.417 e. The number of halogens is 1. The Bertz CT molecular complexity index is 883. The third kappa shape index (κ3) is 3.02. The Labute approximate surface area is 124 Å². The minimum Gasteiger partial charge on any atom is -0.480 e. The molecule has 2 aromatic rings. The number of H-pyrrole nitrogens is 1. The number of aromatic amines is 1. The lowest BCUT2D eigenvalue weighted by molar-refractivity contribution is -0.140. The Balaban J connectivity index is 2.51. The van der Waals surface area contributed by atoms with Crippen molar-refractivity contribution >= 4 is 27.1 Å². The molecule has 22 heavy (non-hydrogen) atoms. The molecule has 3 N–H and O–H groups in total. The van der Waals surface area contributed by atoms with Gasteiger partial charge in [-0.25, -0.2) is 17.6 Å². The molecule has 1 aromatic heterocycles. The Kier molecular flexibility index (Phi) is 4.07. The summed E-state index contributed by atoms with van der Waals surface area (Å²) in [5.41, 5.74) is -0.150. The lowest BCUT2D eigenvalue weighted by Crippen LogP contribution is -2.44. The smallest absolute Gasteiger partial charge is 0.417 e. The number of aromatic nitrogens is 1. The van der Waals surface area contributed by atoms with E-state index < -0.39 is 44.4 Å². The van der Waals surface area contributed by atoms with E-state index in [0.29, 0.717) is 0 Å². The molecule has 2 rings (SSSR count). The van der Waals surface area contributed by atoms with Gasteiger partial charge in [0.2, 0.25) is 10.0 Å². The first-order chi connectivity index (χ1) is 10.1. The first-order valence-corrected chi connectivity index (χ1v) is 7.67. The molecule has 1 aromatic carbocycles. The summed E-state index contributed by atoms with van der Waals surface area (Å²) < 4.78 is 44.9. The van der Waals surface area contributed by atoms with E-state index in [9.17, 15) is 22.4 Å². The fourth-order valence-electron chi connectivity index (χ4n) is 1.86. The lowest BCUT2D eigenvalue weighted by Gasteiger charge is -2.18. The summed E-state index contributed by atoms with van der Waals surface area (Å²) in [6.45, 7) is 3.01. The average molecular weight is 332 g/mol. The van der Waals surface area contributed by atoms with Crippen LogP contribution in [-0.4, -0.2) is 30.5 Å². The molecule has 0 saturated carbocycles. The number of nitrogens with one attached hydrogen (secondary N) is 2. The molecule has 0 bridgehead atoms. The van der Waals surface area contributed by atoms with Crippen LogP contribution in [-0.2, 0) is 14.8 Å². The number of benzene rings is 1. The first kappa shape index (κ1) is 16.2. The number of sulfonamides is 1. The molecule has 0 unspecified atom stereocenters. The molecular weight excluding hydrogens is 319 g/mol. The third-order valence-electron chi connectivity index (χ3n) is 2.98. The number of carbonyl (C=O) groups is 1. The van der Waals surface area contributed by atoms with Crippen LogP contribution in [0.3, 0.4) is 0 Å². The summed E-state index contributed by atoms with van der Waals surface area (Å²) in [7, 11) is -4.44. The van der Waals surface area contributed by atoms with Crippen molar-refractivity contribution in [1.82, 2.24) is 9.71 Å².